The largest absolute Gasteiger partial charge is 0.494 e. The smallest absolute Gasteiger partial charge is 0.227 e. The molecule has 168 valence electrons. The van der Waals surface area contributed by atoms with Crippen LogP contribution in [0, 0.1) is 5.82 Å². The van der Waals surface area contributed by atoms with Crippen LogP contribution in [0.4, 0.5) is 4.39 Å². The van der Waals surface area contributed by atoms with Gasteiger partial charge in [-0.15, -0.1) is 0 Å². The fraction of sp³-hybridized carbons (Fsp3) is 0.545. The Hall–Kier alpha value is -2.97. The highest BCUT2D eigenvalue weighted by Crippen LogP contribution is 2.34. The number of amides is 2. The predicted octanol–water partition coefficient (Wildman–Crippen LogP) is 3.15. The van der Waals surface area contributed by atoms with Crippen molar-refractivity contribution in [2.24, 2.45) is 0 Å². The molecule has 1 heterocycles. The number of rotatable bonds is 8. The first-order valence-electron chi connectivity index (χ1n) is 10.6. The molecule has 2 aromatic rings. The van der Waals surface area contributed by atoms with Gasteiger partial charge in [0.15, 0.2) is 17.4 Å². The molecule has 1 saturated carbocycles. The summed E-state index contributed by atoms with van der Waals surface area (Å²) in [6.45, 7) is 1.70. The third-order valence-electron chi connectivity index (χ3n) is 5.54. The van der Waals surface area contributed by atoms with Crippen molar-refractivity contribution in [2.45, 2.75) is 70.4 Å². The summed E-state index contributed by atoms with van der Waals surface area (Å²) < 4.78 is 24.0. The van der Waals surface area contributed by atoms with Crippen molar-refractivity contribution in [3.63, 3.8) is 0 Å². The minimum Gasteiger partial charge on any atom is -0.494 e. The van der Waals surface area contributed by atoms with E-state index in [0.29, 0.717) is 17.3 Å². The summed E-state index contributed by atoms with van der Waals surface area (Å²) in [5.74, 6) is 0.195. The molecule has 2 N–H and O–H groups in total. The summed E-state index contributed by atoms with van der Waals surface area (Å²) in [6, 6.07) is 4.55. The standard InChI is InChI=1S/C22H29FN4O4/c1-15(28)26-22(11-5-3-4-6-12-22)21-25-20(31-27-21)10-9-19(29)24-14-16-7-8-18(30-2)17(23)13-16/h7-8,13H,3-6,9-12,14H2,1-2H3,(H,24,29)(H,26,28). The predicted molar refractivity (Wildman–Crippen MR) is 111 cm³/mol. The molecule has 0 atom stereocenters. The monoisotopic (exact) mass is 432 g/mol. The van der Waals surface area contributed by atoms with Gasteiger partial charge in [-0.3, -0.25) is 9.59 Å². The second-order valence-electron chi connectivity index (χ2n) is 7.93. The fourth-order valence-corrected chi connectivity index (χ4v) is 3.95. The zero-order chi connectivity index (χ0) is 22.3. The van der Waals surface area contributed by atoms with Crippen molar-refractivity contribution in [2.75, 3.05) is 7.11 Å². The van der Waals surface area contributed by atoms with Crippen molar-refractivity contribution >= 4 is 11.8 Å². The van der Waals surface area contributed by atoms with E-state index in [1.165, 1.54) is 26.2 Å². The van der Waals surface area contributed by atoms with Gasteiger partial charge in [-0.2, -0.15) is 4.98 Å². The van der Waals surface area contributed by atoms with Crippen molar-refractivity contribution in [3.8, 4) is 5.75 Å². The average molecular weight is 432 g/mol. The molecule has 1 aliphatic rings. The molecule has 1 aromatic carbocycles. The Morgan fingerprint density at radius 2 is 1.97 bits per heavy atom. The number of hydrogen-bond donors (Lipinski definition) is 2. The van der Waals surface area contributed by atoms with E-state index in [-0.39, 0.29) is 37.0 Å². The molecule has 0 bridgehead atoms. The van der Waals surface area contributed by atoms with Crippen LogP contribution < -0.4 is 15.4 Å². The second kappa shape index (κ2) is 10.4. The maximum atomic E-state index is 13.7. The molecule has 0 spiro atoms. The number of aromatic nitrogens is 2. The summed E-state index contributed by atoms with van der Waals surface area (Å²) in [5, 5.41) is 9.91. The molecule has 1 fully saturated rings. The molecular weight excluding hydrogens is 403 g/mol. The first-order chi connectivity index (χ1) is 14.9. The van der Waals surface area contributed by atoms with Crippen molar-refractivity contribution in [1.82, 2.24) is 20.8 Å². The number of benzene rings is 1. The highest BCUT2D eigenvalue weighted by molar-refractivity contribution is 5.76. The van der Waals surface area contributed by atoms with Crippen LogP contribution in [0.2, 0.25) is 0 Å². The van der Waals surface area contributed by atoms with Crippen LogP contribution in [0.3, 0.4) is 0 Å². The Morgan fingerprint density at radius 1 is 1.23 bits per heavy atom. The van der Waals surface area contributed by atoms with Crippen LogP contribution in [-0.4, -0.2) is 29.1 Å². The van der Waals surface area contributed by atoms with E-state index in [9.17, 15) is 14.0 Å². The van der Waals surface area contributed by atoms with Crippen LogP contribution >= 0.6 is 0 Å². The average Bonchev–Trinajstić information content (AvgIpc) is 3.10. The number of carbonyl (C=O) groups excluding carboxylic acids is 2. The van der Waals surface area contributed by atoms with E-state index in [1.807, 2.05) is 0 Å². The topological polar surface area (TPSA) is 106 Å². The van der Waals surface area contributed by atoms with Crippen LogP contribution in [0.15, 0.2) is 22.7 Å². The summed E-state index contributed by atoms with van der Waals surface area (Å²) in [6.07, 6.45) is 6.18. The molecular formula is C22H29FN4O4. The van der Waals surface area contributed by atoms with Crippen LogP contribution in [0.5, 0.6) is 5.75 Å². The zero-order valence-corrected chi connectivity index (χ0v) is 18.0. The minimum atomic E-state index is -0.606. The quantitative estimate of drug-likeness (QED) is 0.621. The molecule has 0 saturated heterocycles. The number of carbonyl (C=O) groups is 2. The van der Waals surface area contributed by atoms with E-state index >= 15 is 0 Å². The lowest BCUT2D eigenvalue weighted by molar-refractivity contribution is -0.122. The molecule has 0 unspecified atom stereocenters. The maximum Gasteiger partial charge on any atom is 0.227 e. The van der Waals surface area contributed by atoms with Gasteiger partial charge in [-0.25, -0.2) is 4.39 Å². The lowest BCUT2D eigenvalue weighted by atomic mass is 9.89. The molecule has 1 aromatic heterocycles. The molecule has 3 rings (SSSR count). The van der Waals surface area contributed by atoms with Gasteiger partial charge in [-0.05, 0) is 30.5 Å². The highest BCUT2D eigenvalue weighted by atomic mass is 19.1. The summed E-state index contributed by atoms with van der Waals surface area (Å²) in [4.78, 5) is 28.5. The third kappa shape index (κ3) is 6.02. The maximum absolute atomic E-state index is 13.7. The number of halogens is 1. The van der Waals surface area contributed by atoms with E-state index in [2.05, 4.69) is 20.8 Å². The van der Waals surface area contributed by atoms with Gasteiger partial charge in [0.25, 0.3) is 0 Å². The van der Waals surface area contributed by atoms with Crippen molar-refractivity contribution < 1.29 is 23.2 Å². The number of nitrogens with zero attached hydrogens (tertiary/aromatic N) is 2. The number of aryl methyl sites for hydroxylation is 1. The van der Waals surface area contributed by atoms with E-state index in [4.69, 9.17) is 9.26 Å². The third-order valence-corrected chi connectivity index (χ3v) is 5.54. The lowest BCUT2D eigenvalue weighted by Gasteiger charge is -2.30. The molecule has 0 aliphatic heterocycles. The highest BCUT2D eigenvalue weighted by Gasteiger charge is 2.38. The minimum absolute atomic E-state index is 0.123. The van der Waals surface area contributed by atoms with Crippen LogP contribution in [0.1, 0.15) is 69.1 Å². The van der Waals surface area contributed by atoms with Gasteiger partial charge in [0.2, 0.25) is 17.7 Å². The van der Waals surface area contributed by atoms with Gasteiger partial charge < -0.3 is 19.9 Å². The van der Waals surface area contributed by atoms with Crippen LogP contribution in [-0.2, 0) is 28.1 Å². The Kier molecular flexibility index (Phi) is 7.59. The molecule has 31 heavy (non-hydrogen) atoms. The second-order valence-corrected chi connectivity index (χ2v) is 7.93. The van der Waals surface area contributed by atoms with Gasteiger partial charge in [-0.1, -0.05) is 36.9 Å². The van der Waals surface area contributed by atoms with Gasteiger partial charge in [0, 0.05) is 26.3 Å². The van der Waals surface area contributed by atoms with Crippen LogP contribution in [0.25, 0.3) is 0 Å². The first-order valence-corrected chi connectivity index (χ1v) is 10.6. The number of methoxy groups -OCH3 is 1. The van der Waals surface area contributed by atoms with Crippen molar-refractivity contribution in [1.29, 1.82) is 0 Å². The summed E-state index contributed by atoms with van der Waals surface area (Å²) in [7, 11) is 1.40. The zero-order valence-electron chi connectivity index (χ0n) is 18.0. The normalized spacial score (nSPS) is 15.7. The Bertz CT molecular complexity index is 907. The Labute approximate surface area is 180 Å². The number of ether oxygens (including phenoxy) is 1. The molecule has 8 nitrogen and oxygen atoms in total. The van der Waals surface area contributed by atoms with Gasteiger partial charge in [0.1, 0.15) is 5.54 Å². The van der Waals surface area contributed by atoms with Crippen molar-refractivity contribution in [3.05, 3.63) is 41.3 Å². The summed E-state index contributed by atoms with van der Waals surface area (Å²) in [5.41, 5.74) is 0.0301. The summed E-state index contributed by atoms with van der Waals surface area (Å²) >= 11 is 0. The molecule has 2 amide bonds. The van der Waals surface area contributed by atoms with E-state index in [0.717, 1.165) is 38.5 Å². The van der Waals surface area contributed by atoms with Gasteiger partial charge in [0.05, 0.1) is 7.11 Å². The fourth-order valence-electron chi connectivity index (χ4n) is 3.95. The molecule has 0 radical (unpaired) electrons. The number of hydrogen-bond acceptors (Lipinski definition) is 6. The Morgan fingerprint density at radius 3 is 2.61 bits per heavy atom. The van der Waals surface area contributed by atoms with E-state index < -0.39 is 11.4 Å². The number of nitrogens with one attached hydrogen (secondary N) is 2. The Balaban J connectivity index is 1.55. The SMILES string of the molecule is COc1ccc(CNC(=O)CCc2nc(C3(NC(C)=O)CCCCCC3)no2)cc1F. The van der Waals surface area contributed by atoms with Gasteiger partial charge >= 0.3 is 0 Å². The molecule has 9 heteroatoms. The molecule has 1 aliphatic carbocycles. The lowest BCUT2D eigenvalue weighted by Crippen LogP contribution is -2.45. The first kappa shape index (κ1) is 22.7. The van der Waals surface area contributed by atoms with E-state index in [1.54, 1.807) is 6.07 Å².